The minimum absolute atomic E-state index is 0.0598. The highest BCUT2D eigenvalue weighted by Crippen LogP contribution is 2.20. The molecule has 0 amide bonds. The number of thiocarbonyl (C=S) groups is 1. The number of Topliss-reactive ketones (excluding diaryl/α,β-unsaturated/α-hetero) is 1. The third kappa shape index (κ3) is 7.09. The van der Waals surface area contributed by atoms with Gasteiger partial charge in [-0.25, -0.2) is 0 Å². The maximum atomic E-state index is 12.0. The van der Waals surface area contributed by atoms with Crippen molar-refractivity contribution < 1.29 is 9.53 Å². The van der Waals surface area contributed by atoms with Crippen LogP contribution in [0.2, 0.25) is 0 Å². The minimum Gasteiger partial charge on any atom is -0.479 e. The van der Waals surface area contributed by atoms with Crippen molar-refractivity contribution in [1.29, 1.82) is 0 Å². The molecule has 1 aromatic rings. The first-order valence-electron chi connectivity index (χ1n) is 6.17. The average Bonchev–Trinajstić information content (AvgIpc) is 2.41. The van der Waals surface area contributed by atoms with Crippen molar-refractivity contribution >= 4 is 50.1 Å². The van der Waals surface area contributed by atoms with E-state index in [1.165, 1.54) is 11.8 Å². The largest absolute Gasteiger partial charge is 0.479 e. The fourth-order valence-electron chi connectivity index (χ4n) is 1.20. The highest BCUT2D eigenvalue weighted by atomic mass is 79.9. The third-order valence-electron chi connectivity index (χ3n) is 2.03. The second-order valence-electron chi connectivity index (χ2n) is 3.31. The first-order chi connectivity index (χ1) is 9.04. The van der Waals surface area contributed by atoms with E-state index in [4.69, 9.17) is 17.0 Å². The van der Waals surface area contributed by atoms with Crippen molar-refractivity contribution in [2.45, 2.75) is 32.9 Å². The lowest BCUT2D eigenvalue weighted by molar-refractivity contribution is 0.0994. The van der Waals surface area contributed by atoms with Crippen molar-refractivity contribution in [3.05, 3.63) is 34.3 Å². The summed E-state index contributed by atoms with van der Waals surface area (Å²) in [5, 5.41) is -0.227. The summed E-state index contributed by atoms with van der Waals surface area (Å²) in [7, 11) is 0. The van der Waals surface area contributed by atoms with Gasteiger partial charge in [-0.2, -0.15) is 0 Å². The minimum atomic E-state index is -0.227. The van der Waals surface area contributed by atoms with E-state index in [9.17, 15) is 4.79 Å². The molecule has 1 atom stereocenters. The van der Waals surface area contributed by atoms with Crippen LogP contribution in [0.3, 0.4) is 0 Å². The molecule has 5 heteroatoms. The van der Waals surface area contributed by atoms with E-state index in [-0.39, 0.29) is 11.0 Å². The zero-order chi connectivity index (χ0) is 14.8. The van der Waals surface area contributed by atoms with Gasteiger partial charge < -0.3 is 4.74 Å². The lowest BCUT2D eigenvalue weighted by Gasteiger charge is -2.11. The lowest BCUT2D eigenvalue weighted by atomic mass is 10.1. The molecule has 0 aliphatic heterocycles. The van der Waals surface area contributed by atoms with Gasteiger partial charge in [0.1, 0.15) is 0 Å². The monoisotopic (exact) mass is 362 g/mol. The molecule has 0 spiro atoms. The Labute approximate surface area is 133 Å². The Morgan fingerprint density at radius 1 is 1.37 bits per heavy atom. The van der Waals surface area contributed by atoms with Crippen molar-refractivity contribution in [1.82, 2.24) is 0 Å². The van der Waals surface area contributed by atoms with Gasteiger partial charge in [0.2, 0.25) is 4.38 Å². The standard InChI is InChI=1S/C12H13BrO2S2.C2H6/c1-3-15-12(16)17-8(2)11(14)9-4-6-10(13)7-5-9;1-2/h4-8H,3H2,1-2H3;1-2H3. The van der Waals surface area contributed by atoms with E-state index >= 15 is 0 Å². The zero-order valence-electron chi connectivity index (χ0n) is 11.6. The molecule has 0 radical (unpaired) electrons. The molecule has 19 heavy (non-hydrogen) atoms. The molecule has 0 aliphatic rings. The van der Waals surface area contributed by atoms with Crippen LogP contribution in [0, 0.1) is 0 Å². The molecule has 0 N–H and O–H groups in total. The highest BCUT2D eigenvalue weighted by molar-refractivity contribution is 9.10. The number of benzene rings is 1. The van der Waals surface area contributed by atoms with Gasteiger partial charge in [-0.1, -0.05) is 53.7 Å². The molecule has 0 aromatic heterocycles. The summed E-state index contributed by atoms with van der Waals surface area (Å²) in [5.74, 6) is 0.0598. The first-order valence-corrected chi connectivity index (χ1v) is 8.26. The van der Waals surface area contributed by atoms with E-state index < -0.39 is 0 Å². The van der Waals surface area contributed by atoms with Crippen LogP contribution < -0.4 is 0 Å². The van der Waals surface area contributed by atoms with Crippen molar-refractivity contribution in [2.24, 2.45) is 0 Å². The quantitative estimate of drug-likeness (QED) is 0.549. The van der Waals surface area contributed by atoms with Gasteiger partial charge in [-0.05, 0) is 38.2 Å². The number of carbonyl (C=O) groups excluding carboxylic acids is 1. The van der Waals surface area contributed by atoms with Gasteiger partial charge in [-0.3, -0.25) is 4.79 Å². The topological polar surface area (TPSA) is 26.3 Å². The van der Waals surface area contributed by atoms with Gasteiger partial charge >= 0.3 is 0 Å². The Bertz CT molecular complexity index is 404. The number of thioether (sulfide) groups is 1. The van der Waals surface area contributed by atoms with Crippen LogP contribution in [0.1, 0.15) is 38.1 Å². The molecule has 0 aliphatic carbocycles. The summed E-state index contributed by atoms with van der Waals surface area (Å²) >= 11 is 9.61. The summed E-state index contributed by atoms with van der Waals surface area (Å²) in [6.45, 7) is 8.24. The first kappa shape index (κ1) is 18.6. The van der Waals surface area contributed by atoms with E-state index in [0.717, 1.165) is 4.47 Å². The van der Waals surface area contributed by atoms with Crippen molar-refractivity contribution in [3.63, 3.8) is 0 Å². The lowest BCUT2D eigenvalue weighted by Crippen LogP contribution is -2.16. The second kappa shape index (κ2) is 10.4. The van der Waals surface area contributed by atoms with Crippen molar-refractivity contribution in [2.75, 3.05) is 6.61 Å². The molecule has 0 saturated heterocycles. The van der Waals surface area contributed by atoms with Crippen LogP contribution in [0.4, 0.5) is 0 Å². The fourth-order valence-corrected chi connectivity index (χ4v) is 2.73. The van der Waals surface area contributed by atoms with Gasteiger partial charge in [0.05, 0.1) is 11.9 Å². The molecule has 2 nitrogen and oxygen atoms in total. The predicted octanol–water partition coefficient (Wildman–Crippen LogP) is 5.10. The molecule has 0 fully saturated rings. The number of halogens is 1. The van der Waals surface area contributed by atoms with Gasteiger partial charge in [-0.15, -0.1) is 0 Å². The number of ketones is 1. The van der Waals surface area contributed by atoms with Crippen LogP contribution in [0.15, 0.2) is 28.7 Å². The molecule has 1 rings (SSSR count). The Hall–Kier alpha value is -0.390. The number of rotatable bonds is 4. The van der Waals surface area contributed by atoms with Gasteiger partial charge in [0.15, 0.2) is 5.78 Å². The van der Waals surface area contributed by atoms with E-state index in [0.29, 0.717) is 16.6 Å². The predicted molar refractivity (Wildman–Crippen MR) is 91.1 cm³/mol. The van der Waals surface area contributed by atoms with Crippen LogP contribution in [-0.2, 0) is 4.74 Å². The molecule has 1 aromatic carbocycles. The molecular formula is C14H19BrO2S2. The normalized spacial score (nSPS) is 11.0. The van der Waals surface area contributed by atoms with Gasteiger partial charge in [0, 0.05) is 10.0 Å². The smallest absolute Gasteiger partial charge is 0.220 e. The van der Waals surface area contributed by atoms with E-state index in [1.54, 1.807) is 12.1 Å². The number of hydrogen-bond acceptors (Lipinski definition) is 4. The molecule has 106 valence electrons. The summed E-state index contributed by atoms with van der Waals surface area (Å²) in [5.41, 5.74) is 0.687. The summed E-state index contributed by atoms with van der Waals surface area (Å²) in [6.07, 6.45) is 0. The average molecular weight is 363 g/mol. The van der Waals surface area contributed by atoms with Crippen molar-refractivity contribution in [3.8, 4) is 0 Å². The zero-order valence-corrected chi connectivity index (χ0v) is 14.8. The SMILES string of the molecule is CC.CCOC(=S)SC(C)C(=O)c1ccc(Br)cc1. The number of carbonyl (C=O) groups is 1. The van der Waals surface area contributed by atoms with Crippen LogP contribution in [-0.4, -0.2) is 22.0 Å². The molecule has 0 heterocycles. The summed E-state index contributed by atoms with van der Waals surface area (Å²) < 4.78 is 6.53. The maximum Gasteiger partial charge on any atom is 0.220 e. The van der Waals surface area contributed by atoms with E-state index in [2.05, 4.69) is 15.9 Å². The molecular weight excluding hydrogens is 344 g/mol. The number of ether oxygens (including phenoxy) is 1. The van der Waals surface area contributed by atoms with Crippen LogP contribution in [0.5, 0.6) is 0 Å². The number of hydrogen-bond donors (Lipinski definition) is 0. The Morgan fingerprint density at radius 2 is 1.89 bits per heavy atom. The summed E-state index contributed by atoms with van der Waals surface area (Å²) in [4.78, 5) is 12.0. The second-order valence-corrected chi connectivity index (χ2v) is 6.17. The Balaban J connectivity index is 0.00000154. The maximum absolute atomic E-state index is 12.0. The Morgan fingerprint density at radius 3 is 2.37 bits per heavy atom. The fraction of sp³-hybridized carbons (Fsp3) is 0.429. The van der Waals surface area contributed by atoms with Crippen LogP contribution in [0.25, 0.3) is 0 Å². The Kier molecular flexibility index (Phi) is 10.2. The van der Waals surface area contributed by atoms with Crippen LogP contribution >= 0.6 is 39.9 Å². The summed E-state index contributed by atoms with van der Waals surface area (Å²) in [6, 6.07) is 7.30. The highest BCUT2D eigenvalue weighted by Gasteiger charge is 2.18. The molecule has 0 bridgehead atoms. The molecule has 0 saturated carbocycles. The molecule has 1 unspecified atom stereocenters. The van der Waals surface area contributed by atoms with Gasteiger partial charge in [0.25, 0.3) is 0 Å². The van der Waals surface area contributed by atoms with E-state index in [1.807, 2.05) is 39.8 Å². The third-order valence-corrected chi connectivity index (χ3v) is 3.85.